The third kappa shape index (κ3) is 3.25. The zero-order valence-corrected chi connectivity index (χ0v) is 13.4. The molecule has 0 bridgehead atoms. The maximum absolute atomic E-state index is 14.2. The van der Waals surface area contributed by atoms with Crippen LogP contribution in [0.3, 0.4) is 0 Å². The Morgan fingerprint density at radius 1 is 1.38 bits per heavy atom. The highest BCUT2D eigenvalue weighted by molar-refractivity contribution is 6.30. The van der Waals surface area contributed by atoms with E-state index in [0.717, 1.165) is 19.5 Å². The van der Waals surface area contributed by atoms with Crippen LogP contribution in [0.2, 0.25) is 5.02 Å². The standard InChI is InChI=1S/C17H24ClFN2/c1-13-7-10-20-17(8-2-3-9-17)12-21(13)11-14-5-4-6-15(18)16(14)19/h4-6,13,20H,2-3,7-12H2,1H3. The summed E-state index contributed by atoms with van der Waals surface area (Å²) in [7, 11) is 0. The second kappa shape index (κ2) is 6.23. The van der Waals surface area contributed by atoms with Crippen molar-refractivity contribution in [3.63, 3.8) is 0 Å². The van der Waals surface area contributed by atoms with Crippen LogP contribution in [0.4, 0.5) is 4.39 Å². The molecule has 1 aromatic rings. The molecule has 2 nitrogen and oxygen atoms in total. The van der Waals surface area contributed by atoms with Crippen molar-refractivity contribution in [2.75, 3.05) is 13.1 Å². The maximum atomic E-state index is 14.2. The Hall–Kier alpha value is -0.640. The molecule has 1 atom stereocenters. The second-order valence-electron chi connectivity index (χ2n) is 6.67. The first-order chi connectivity index (χ1) is 10.1. The lowest BCUT2D eigenvalue weighted by molar-refractivity contribution is 0.158. The first-order valence-corrected chi connectivity index (χ1v) is 8.39. The maximum Gasteiger partial charge on any atom is 0.146 e. The van der Waals surface area contributed by atoms with E-state index in [1.54, 1.807) is 6.07 Å². The summed E-state index contributed by atoms with van der Waals surface area (Å²) >= 11 is 5.91. The van der Waals surface area contributed by atoms with Gasteiger partial charge in [-0.05, 0) is 38.8 Å². The molecule has 2 aliphatic rings. The molecule has 1 saturated carbocycles. The van der Waals surface area contributed by atoms with Gasteiger partial charge in [0.1, 0.15) is 5.82 Å². The predicted octanol–water partition coefficient (Wildman–Crippen LogP) is 3.98. The minimum atomic E-state index is -0.260. The lowest BCUT2D eigenvalue weighted by Crippen LogP contribution is -2.50. The van der Waals surface area contributed by atoms with Gasteiger partial charge in [0.15, 0.2) is 0 Å². The number of rotatable bonds is 2. The molecule has 0 radical (unpaired) electrons. The highest BCUT2D eigenvalue weighted by Crippen LogP contribution is 2.33. The van der Waals surface area contributed by atoms with Crippen LogP contribution >= 0.6 is 11.6 Å². The van der Waals surface area contributed by atoms with E-state index in [1.165, 1.54) is 25.7 Å². The van der Waals surface area contributed by atoms with Crippen molar-refractivity contribution >= 4 is 11.6 Å². The molecule has 0 amide bonds. The van der Waals surface area contributed by atoms with E-state index < -0.39 is 0 Å². The minimum absolute atomic E-state index is 0.226. The Morgan fingerprint density at radius 3 is 2.90 bits per heavy atom. The summed E-state index contributed by atoms with van der Waals surface area (Å²) < 4.78 is 14.2. The average molecular weight is 311 g/mol. The summed E-state index contributed by atoms with van der Waals surface area (Å²) in [5.74, 6) is -0.260. The summed E-state index contributed by atoms with van der Waals surface area (Å²) in [6.07, 6.45) is 6.22. The van der Waals surface area contributed by atoms with Crippen molar-refractivity contribution in [2.45, 2.75) is 57.2 Å². The van der Waals surface area contributed by atoms with Gasteiger partial charge in [-0.25, -0.2) is 4.39 Å². The molecular weight excluding hydrogens is 287 g/mol. The number of benzene rings is 1. The smallest absolute Gasteiger partial charge is 0.146 e. The van der Waals surface area contributed by atoms with Crippen molar-refractivity contribution in [3.05, 3.63) is 34.6 Å². The van der Waals surface area contributed by atoms with Gasteiger partial charge in [0.2, 0.25) is 0 Å². The number of hydrogen-bond acceptors (Lipinski definition) is 2. The number of halogens is 2. The van der Waals surface area contributed by atoms with Crippen LogP contribution in [-0.4, -0.2) is 29.6 Å². The predicted molar refractivity (Wildman–Crippen MR) is 85.1 cm³/mol. The summed E-state index contributed by atoms with van der Waals surface area (Å²) in [6, 6.07) is 5.78. The number of nitrogens with one attached hydrogen (secondary N) is 1. The fraction of sp³-hybridized carbons (Fsp3) is 0.647. The van der Waals surface area contributed by atoms with E-state index in [1.807, 2.05) is 12.1 Å². The number of hydrogen-bond donors (Lipinski definition) is 1. The fourth-order valence-electron chi connectivity index (χ4n) is 3.82. The zero-order chi connectivity index (χ0) is 14.9. The van der Waals surface area contributed by atoms with Crippen LogP contribution < -0.4 is 5.32 Å². The lowest BCUT2D eigenvalue weighted by atomic mass is 9.96. The van der Waals surface area contributed by atoms with Gasteiger partial charge in [-0.2, -0.15) is 0 Å². The Balaban J connectivity index is 1.79. The summed E-state index contributed by atoms with van der Waals surface area (Å²) in [5.41, 5.74) is 0.962. The van der Waals surface area contributed by atoms with Crippen molar-refractivity contribution in [1.29, 1.82) is 0 Å². The molecule has 1 aliphatic carbocycles. The Labute approximate surface area is 131 Å². The number of nitrogens with zero attached hydrogens (tertiary/aromatic N) is 1. The Bertz CT molecular complexity index is 500. The topological polar surface area (TPSA) is 15.3 Å². The molecule has 1 spiro atoms. The van der Waals surface area contributed by atoms with Gasteiger partial charge < -0.3 is 5.32 Å². The van der Waals surface area contributed by atoms with Crippen LogP contribution in [-0.2, 0) is 6.54 Å². The molecule has 1 saturated heterocycles. The molecule has 1 aromatic carbocycles. The Kier molecular flexibility index (Phi) is 4.53. The van der Waals surface area contributed by atoms with Crippen molar-refractivity contribution in [3.8, 4) is 0 Å². The molecule has 116 valence electrons. The molecule has 1 aliphatic heterocycles. The van der Waals surface area contributed by atoms with Crippen LogP contribution in [0.5, 0.6) is 0 Å². The molecule has 4 heteroatoms. The average Bonchev–Trinajstić information content (AvgIpc) is 2.85. The van der Waals surface area contributed by atoms with Gasteiger partial charge >= 0.3 is 0 Å². The SMILES string of the molecule is CC1CCNC2(CCCC2)CN1Cc1cccc(Cl)c1F. The molecule has 2 fully saturated rings. The van der Waals surface area contributed by atoms with Crippen LogP contribution in [0.1, 0.15) is 44.6 Å². The molecule has 1 N–H and O–H groups in total. The van der Waals surface area contributed by atoms with Gasteiger partial charge in [0.05, 0.1) is 5.02 Å². The van der Waals surface area contributed by atoms with Crippen LogP contribution in [0.25, 0.3) is 0 Å². The molecule has 3 rings (SSSR count). The Morgan fingerprint density at radius 2 is 2.14 bits per heavy atom. The molecular formula is C17H24ClFN2. The molecule has 21 heavy (non-hydrogen) atoms. The van der Waals surface area contributed by atoms with Gasteiger partial charge in [0.25, 0.3) is 0 Å². The van der Waals surface area contributed by atoms with E-state index >= 15 is 0 Å². The van der Waals surface area contributed by atoms with Gasteiger partial charge in [-0.3, -0.25) is 4.90 Å². The molecule has 1 heterocycles. The van der Waals surface area contributed by atoms with E-state index in [9.17, 15) is 4.39 Å². The van der Waals surface area contributed by atoms with Crippen molar-refractivity contribution in [2.24, 2.45) is 0 Å². The van der Waals surface area contributed by atoms with Crippen LogP contribution in [0.15, 0.2) is 18.2 Å². The normalized spacial score (nSPS) is 26.1. The monoisotopic (exact) mass is 310 g/mol. The largest absolute Gasteiger partial charge is 0.310 e. The minimum Gasteiger partial charge on any atom is -0.310 e. The van der Waals surface area contributed by atoms with Crippen molar-refractivity contribution in [1.82, 2.24) is 10.2 Å². The fourth-order valence-corrected chi connectivity index (χ4v) is 4.01. The highest BCUT2D eigenvalue weighted by atomic mass is 35.5. The van der Waals surface area contributed by atoms with E-state index in [0.29, 0.717) is 18.2 Å². The molecule has 1 unspecified atom stereocenters. The van der Waals surface area contributed by atoms with Gasteiger partial charge in [-0.1, -0.05) is 36.6 Å². The third-order valence-corrected chi connectivity index (χ3v) is 5.45. The van der Waals surface area contributed by atoms with Gasteiger partial charge in [-0.15, -0.1) is 0 Å². The third-order valence-electron chi connectivity index (χ3n) is 5.16. The van der Waals surface area contributed by atoms with Gasteiger partial charge in [0, 0.05) is 30.2 Å². The first kappa shape index (κ1) is 15.3. The quantitative estimate of drug-likeness (QED) is 0.889. The second-order valence-corrected chi connectivity index (χ2v) is 7.08. The van der Waals surface area contributed by atoms with Crippen molar-refractivity contribution < 1.29 is 4.39 Å². The summed E-state index contributed by atoms with van der Waals surface area (Å²) in [6.45, 7) is 4.98. The van der Waals surface area contributed by atoms with E-state index in [2.05, 4.69) is 17.1 Å². The lowest BCUT2D eigenvalue weighted by Gasteiger charge is -2.35. The van der Waals surface area contributed by atoms with E-state index in [4.69, 9.17) is 11.6 Å². The summed E-state index contributed by atoms with van der Waals surface area (Å²) in [5, 5.41) is 3.99. The zero-order valence-electron chi connectivity index (χ0n) is 12.7. The first-order valence-electron chi connectivity index (χ1n) is 8.02. The highest BCUT2D eigenvalue weighted by Gasteiger charge is 2.38. The van der Waals surface area contributed by atoms with E-state index in [-0.39, 0.29) is 16.4 Å². The molecule has 0 aromatic heterocycles. The summed E-state index contributed by atoms with van der Waals surface area (Å²) in [4.78, 5) is 2.43. The van der Waals surface area contributed by atoms with Crippen LogP contribution in [0, 0.1) is 5.82 Å².